The van der Waals surface area contributed by atoms with Crippen LogP contribution in [0.1, 0.15) is 28.4 Å². The van der Waals surface area contributed by atoms with E-state index in [-0.39, 0.29) is 25.6 Å². The monoisotopic (exact) mass is 382 g/mol. The van der Waals surface area contributed by atoms with Gasteiger partial charge in [-0.1, -0.05) is 30.3 Å². The van der Waals surface area contributed by atoms with Crippen LogP contribution in [0.4, 0.5) is 13.2 Å². The van der Waals surface area contributed by atoms with Gasteiger partial charge >= 0.3 is 18.1 Å². The second kappa shape index (κ2) is 9.07. The molecule has 0 radical (unpaired) electrons. The molecule has 0 aliphatic carbocycles. The number of ether oxygens (including phenoxy) is 3. The standard InChI is InChI=1S/C19H17F3O5/c1-13(23)25-9-10-26-15-7-8-16(17(11-15)19(20,21)22)18(24)27-12-14-5-3-2-4-6-14/h2-8,11H,9-10,12H2,1H3. The molecule has 0 saturated carbocycles. The molecule has 0 aromatic heterocycles. The molecule has 2 rings (SSSR count). The van der Waals surface area contributed by atoms with Crippen LogP contribution >= 0.6 is 0 Å². The minimum Gasteiger partial charge on any atom is -0.490 e. The second-order valence-electron chi connectivity index (χ2n) is 5.46. The number of benzene rings is 2. The van der Waals surface area contributed by atoms with Crippen LogP contribution in [0, 0.1) is 0 Å². The van der Waals surface area contributed by atoms with Crippen molar-refractivity contribution in [3.05, 3.63) is 65.2 Å². The molecule has 0 bridgehead atoms. The van der Waals surface area contributed by atoms with Crippen LogP contribution in [-0.2, 0) is 27.1 Å². The van der Waals surface area contributed by atoms with Crippen molar-refractivity contribution < 1.29 is 37.0 Å². The third-order valence-corrected chi connectivity index (χ3v) is 3.39. The number of carbonyl (C=O) groups excluding carboxylic acids is 2. The van der Waals surface area contributed by atoms with Crippen LogP contribution < -0.4 is 4.74 Å². The summed E-state index contributed by atoms with van der Waals surface area (Å²) >= 11 is 0. The Morgan fingerprint density at radius 3 is 2.30 bits per heavy atom. The lowest BCUT2D eigenvalue weighted by atomic mass is 10.1. The number of hydrogen-bond donors (Lipinski definition) is 0. The number of carbonyl (C=O) groups is 2. The Morgan fingerprint density at radius 1 is 0.963 bits per heavy atom. The molecule has 0 aliphatic rings. The molecule has 0 spiro atoms. The normalized spacial score (nSPS) is 11.0. The zero-order valence-corrected chi connectivity index (χ0v) is 14.4. The first-order valence-electron chi connectivity index (χ1n) is 7.96. The zero-order valence-electron chi connectivity index (χ0n) is 14.4. The highest BCUT2D eigenvalue weighted by Crippen LogP contribution is 2.35. The van der Waals surface area contributed by atoms with Gasteiger partial charge in [-0.3, -0.25) is 4.79 Å². The maximum Gasteiger partial charge on any atom is 0.417 e. The van der Waals surface area contributed by atoms with Gasteiger partial charge in [0, 0.05) is 6.92 Å². The SMILES string of the molecule is CC(=O)OCCOc1ccc(C(=O)OCc2ccccc2)c(C(F)(F)F)c1. The van der Waals surface area contributed by atoms with Crippen LogP contribution in [0.25, 0.3) is 0 Å². The van der Waals surface area contributed by atoms with Gasteiger partial charge in [0.05, 0.1) is 11.1 Å². The second-order valence-corrected chi connectivity index (χ2v) is 5.46. The summed E-state index contributed by atoms with van der Waals surface area (Å²) < 4.78 is 54.7. The fourth-order valence-electron chi connectivity index (χ4n) is 2.17. The van der Waals surface area contributed by atoms with Crippen molar-refractivity contribution in [3.63, 3.8) is 0 Å². The first kappa shape index (κ1) is 20.3. The van der Waals surface area contributed by atoms with Gasteiger partial charge in [0.2, 0.25) is 0 Å². The summed E-state index contributed by atoms with van der Waals surface area (Å²) in [5.74, 6) is -1.71. The summed E-state index contributed by atoms with van der Waals surface area (Å²) in [4.78, 5) is 22.8. The number of alkyl halides is 3. The molecule has 27 heavy (non-hydrogen) atoms. The molecular weight excluding hydrogens is 365 g/mol. The predicted molar refractivity (Wildman–Crippen MR) is 89.1 cm³/mol. The van der Waals surface area contributed by atoms with Crippen molar-refractivity contribution in [3.8, 4) is 5.75 Å². The average molecular weight is 382 g/mol. The van der Waals surface area contributed by atoms with E-state index in [4.69, 9.17) is 9.47 Å². The summed E-state index contributed by atoms with van der Waals surface area (Å²) in [6, 6.07) is 11.5. The quantitative estimate of drug-likeness (QED) is 0.535. The molecule has 0 heterocycles. The third kappa shape index (κ3) is 6.32. The van der Waals surface area contributed by atoms with Crippen molar-refractivity contribution in [2.24, 2.45) is 0 Å². The third-order valence-electron chi connectivity index (χ3n) is 3.39. The lowest BCUT2D eigenvalue weighted by molar-refractivity contribution is -0.141. The number of esters is 2. The molecule has 0 amide bonds. The van der Waals surface area contributed by atoms with Gasteiger partial charge in [-0.25, -0.2) is 4.79 Å². The van der Waals surface area contributed by atoms with E-state index in [9.17, 15) is 22.8 Å². The largest absolute Gasteiger partial charge is 0.490 e. The molecule has 8 heteroatoms. The Kier molecular flexibility index (Phi) is 6.81. The molecule has 0 fully saturated rings. The van der Waals surface area contributed by atoms with Gasteiger partial charge in [-0.2, -0.15) is 13.2 Å². The highest BCUT2D eigenvalue weighted by molar-refractivity contribution is 5.91. The van der Waals surface area contributed by atoms with E-state index in [0.29, 0.717) is 11.6 Å². The van der Waals surface area contributed by atoms with E-state index in [0.717, 1.165) is 6.07 Å². The maximum atomic E-state index is 13.3. The summed E-state index contributed by atoms with van der Waals surface area (Å²) in [5, 5.41) is 0. The van der Waals surface area contributed by atoms with Gasteiger partial charge in [0.15, 0.2) is 0 Å². The van der Waals surface area contributed by atoms with Gasteiger partial charge < -0.3 is 14.2 Å². The van der Waals surface area contributed by atoms with Crippen LogP contribution in [0.5, 0.6) is 5.75 Å². The Bertz CT molecular complexity index is 788. The number of hydrogen-bond acceptors (Lipinski definition) is 5. The number of rotatable bonds is 7. The van der Waals surface area contributed by atoms with E-state index in [1.54, 1.807) is 30.3 Å². The van der Waals surface area contributed by atoms with Crippen LogP contribution in [-0.4, -0.2) is 25.2 Å². The lowest BCUT2D eigenvalue weighted by Crippen LogP contribution is -2.16. The first-order chi connectivity index (χ1) is 12.8. The first-order valence-corrected chi connectivity index (χ1v) is 7.96. The Balaban J connectivity index is 2.10. The molecule has 0 unspecified atom stereocenters. The molecule has 2 aromatic carbocycles. The molecule has 0 aliphatic heterocycles. The van der Waals surface area contributed by atoms with E-state index in [1.165, 1.54) is 13.0 Å². The summed E-state index contributed by atoms with van der Waals surface area (Å²) in [7, 11) is 0. The van der Waals surface area contributed by atoms with Crippen molar-refractivity contribution in [1.82, 2.24) is 0 Å². The molecule has 2 aromatic rings. The Morgan fingerprint density at radius 2 is 1.67 bits per heavy atom. The average Bonchev–Trinajstić information content (AvgIpc) is 2.63. The van der Waals surface area contributed by atoms with Crippen molar-refractivity contribution >= 4 is 11.9 Å². The van der Waals surface area contributed by atoms with Crippen LogP contribution in [0.3, 0.4) is 0 Å². The molecule has 0 atom stereocenters. The van der Waals surface area contributed by atoms with Gasteiger partial charge in [0.25, 0.3) is 0 Å². The maximum absolute atomic E-state index is 13.3. The van der Waals surface area contributed by atoms with E-state index < -0.39 is 29.2 Å². The summed E-state index contributed by atoms with van der Waals surface area (Å²) in [5.41, 5.74) is -1.11. The molecule has 0 saturated heterocycles. The molecular formula is C19H17F3O5. The van der Waals surface area contributed by atoms with E-state index in [2.05, 4.69) is 4.74 Å². The predicted octanol–water partition coefficient (Wildman–Crippen LogP) is 4.00. The minimum absolute atomic E-state index is 0.0996. The van der Waals surface area contributed by atoms with Crippen molar-refractivity contribution in [2.45, 2.75) is 19.7 Å². The van der Waals surface area contributed by atoms with Gasteiger partial charge in [-0.05, 0) is 23.8 Å². The fourth-order valence-corrected chi connectivity index (χ4v) is 2.17. The minimum atomic E-state index is -4.77. The molecule has 0 N–H and O–H groups in total. The lowest BCUT2D eigenvalue weighted by Gasteiger charge is -2.14. The van der Waals surface area contributed by atoms with Crippen molar-refractivity contribution in [2.75, 3.05) is 13.2 Å². The van der Waals surface area contributed by atoms with Gasteiger partial charge in [0.1, 0.15) is 25.6 Å². The number of halogens is 3. The summed E-state index contributed by atoms with van der Waals surface area (Å²) in [6.07, 6.45) is -4.77. The highest BCUT2D eigenvalue weighted by atomic mass is 19.4. The molecule has 144 valence electrons. The molecule has 5 nitrogen and oxygen atoms in total. The van der Waals surface area contributed by atoms with Gasteiger partial charge in [-0.15, -0.1) is 0 Å². The van der Waals surface area contributed by atoms with Crippen LogP contribution in [0.15, 0.2) is 48.5 Å². The van der Waals surface area contributed by atoms with Crippen molar-refractivity contribution in [1.29, 1.82) is 0 Å². The summed E-state index contributed by atoms with van der Waals surface area (Å²) in [6.45, 7) is 0.849. The van der Waals surface area contributed by atoms with Crippen LogP contribution in [0.2, 0.25) is 0 Å². The smallest absolute Gasteiger partial charge is 0.417 e. The Labute approximate surface area is 153 Å². The highest BCUT2D eigenvalue weighted by Gasteiger charge is 2.36. The van der Waals surface area contributed by atoms with E-state index >= 15 is 0 Å². The fraction of sp³-hybridized carbons (Fsp3) is 0.263. The topological polar surface area (TPSA) is 61.8 Å². The Hall–Kier alpha value is -3.03. The van der Waals surface area contributed by atoms with E-state index in [1.807, 2.05) is 0 Å². The zero-order chi connectivity index (χ0) is 19.9.